The van der Waals surface area contributed by atoms with E-state index in [4.69, 9.17) is 4.43 Å². The van der Waals surface area contributed by atoms with Gasteiger partial charge in [0.1, 0.15) is 5.82 Å². The van der Waals surface area contributed by atoms with Gasteiger partial charge in [-0.15, -0.1) is 0 Å². The minimum atomic E-state index is -1.97. The fourth-order valence-corrected chi connectivity index (χ4v) is 4.31. The Morgan fingerprint density at radius 2 is 1.88 bits per heavy atom. The van der Waals surface area contributed by atoms with E-state index in [0.717, 1.165) is 0 Å². The molecule has 0 aliphatic rings. The Hall–Kier alpha value is -3.11. The van der Waals surface area contributed by atoms with E-state index in [1.165, 1.54) is 18.2 Å². The summed E-state index contributed by atoms with van der Waals surface area (Å²) >= 11 is 0. The Morgan fingerprint density at radius 1 is 1.21 bits per heavy atom. The summed E-state index contributed by atoms with van der Waals surface area (Å²) < 4.78 is 7.87. The van der Waals surface area contributed by atoms with Gasteiger partial charge in [0, 0.05) is 48.2 Å². The highest BCUT2D eigenvalue weighted by molar-refractivity contribution is 6.74. The first-order valence-corrected chi connectivity index (χ1v) is 13.8. The number of nitro groups is 1. The summed E-state index contributed by atoms with van der Waals surface area (Å²) in [6, 6.07) is 7.42. The fourth-order valence-electron chi connectivity index (χ4n) is 3.28. The normalized spacial score (nSPS) is 13.2. The van der Waals surface area contributed by atoms with Crippen LogP contribution in [0.2, 0.25) is 18.1 Å². The van der Waals surface area contributed by atoms with Gasteiger partial charge in [0.15, 0.2) is 8.32 Å². The van der Waals surface area contributed by atoms with Gasteiger partial charge in [-0.05, 0) is 37.2 Å². The van der Waals surface area contributed by atoms with E-state index in [1.54, 1.807) is 29.1 Å². The van der Waals surface area contributed by atoms with Gasteiger partial charge in [-0.1, -0.05) is 20.8 Å². The maximum Gasteiger partial charge on any atom is 0.270 e. The number of pyridine rings is 1. The zero-order chi connectivity index (χ0) is 24.4. The molecule has 0 fully saturated rings. The first kappa shape index (κ1) is 24.5. The van der Waals surface area contributed by atoms with Crippen LogP contribution in [0.25, 0.3) is 10.9 Å². The largest absolute Gasteiger partial charge is 0.415 e. The van der Waals surface area contributed by atoms with Gasteiger partial charge in [0.05, 0.1) is 23.1 Å². The van der Waals surface area contributed by atoms with Crippen LogP contribution in [0.4, 0.5) is 11.4 Å². The Bertz CT molecular complexity index is 1210. The highest BCUT2D eigenvalue weighted by atomic mass is 28.4. The summed E-state index contributed by atoms with van der Waals surface area (Å²) in [5.41, 5.74) is 0.853. The van der Waals surface area contributed by atoms with Crippen molar-refractivity contribution < 1.29 is 9.35 Å². The predicted molar refractivity (Wildman–Crippen MR) is 132 cm³/mol. The maximum absolute atomic E-state index is 13.1. The SMILES string of the molecule is CC(Nc1cc(=O)n(CCO[Si](C)(C)C(C)(C)C)c2ccc([N+](=O)[O-])cc12)c1ncccn1. The van der Waals surface area contributed by atoms with Crippen LogP contribution < -0.4 is 10.9 Å². The van der Waals surface area contributed by atoms with Gasteiger partial charge >= 0.3 is 0 Å². The lowest BCUT2D eigenvalue weighted by Gasteiger charge is -2.36. The second-order valence-electron chi connectivity index (χ2n) is 9.59. The quantitative estimate of drug-likeness (QED) is 0.284. The van der Waals surface area contributed by atoms with Crippen molar-refractivity contribution >= 4 is 30.6 Å². The van der Waals surface area contributed by atoms with E-state index in [1.807, 2.05) is 6.92 Å². The van der Waals surface area contributed by atoms with Crippen LogP contribution in [-0.4, -0.2) is 34.4 Å². The van der Waals surface area contributed by atoms with Crippen molar-refractivity contribution in [1.82, 2.24) is 14.5 Å². The van der Waals surface area contributed by atoms with Gasteiger partial charge in [0.25, 0.3) is 11.2 Å². The number of hydrogen-bond acceptors (Lipinski definition) is 7. The van der Waals surface area contributed by atoms with Crippen LogP contribution in [0.1, 0.15) is 39.6 Å². The lowest BCUT2D eigenvalue weighted by Crippen LogP contribution is -2.41. The standard InChI is InChI=1S/C23H31N5O4Si/c1-16(22-24-10-7-11-25-22)26-19-15-21(29)27(12-13-32-33(5,6)23(2,3)4)20-9-8-17(28(30)31)14-18(19)20/h7-11,14-16,26H,12-13H2,1-6H3. The summed E-state index contributed by atoms with van der Waals surface area (Å²) in [6.07, 6.45) is 3.29. The van der Waals surface area contributed by atoms with Crippen molar-refractivity contribution in [2.45, 2.75) is 58.4 Å². The maximum atomic E-state index is 13.1. The molecule has 0 amide bonds. The van der Waals surface area contributed by atoms with Gasteiger partial charge in [-0.2, -0.15) is 0 Å². The van der Waals surface area contributed by atoms with E-state index in [-0.39, 0.29) is 22.3 Å². The number of nitrogens with zero attached hydrogens (tertiary/aromatic N) is 4. The van der Waals surface area contributed by atoms with E-state index in [2.05, 4.69) is 49.1 Å². The van der Waals surface area contributed by atoms with Crippen molar-refractivity contribution in [2.24, 2.45) is 0 Å². The second-order valence-corrected chi connectivity index (χ2v) is 14.4. The average Bonchev–Trinajstić information content (AvgIpc) is 2.75. The molecule has 0 aliphatic carbocycles. The molecule has 1 N–H and O–H groups in total. The molecule has 10 heteroatoms. The van der Waals surface area contributed by atoms with Crippen LogP contribution in [-0.2, 0) is 11.0 Å². The molecule has 0 saturated carbocycles. The van der Waals surface area contributed by atoms with Crippen LogP contribution >= 0.6 is 0 Å². The molecular formula is C23H31N5O4Si. The number of aromatic nitrogens is 3. The monoisotopic (exact) mass is 469 g/mol. The predicted octanol–water partition coefficient (Wildman–Crippen LogP) is 4.89. The van der Waals surface area contributed by atoms with Crippen molar-refractivity contribution in [3.63, 3.8) is 0 Å². The third-order valence-corrected chi connectivity index (χ3v) is 10.8. The van der Waals surface area contributed by atoms with E-state index < -0.39 is 13.2 Å². The number of non-ortho nitro benzene ring substituents is 1. The molecule has 0 aliphatic heterocycles. The first-order valence-electron chi connectivity index (χ1n) is 10.9. The number of fused-ring (bicyclic) bond motifs is 1. The van der Waals surface area contributed by atoms with Gasteiger partial charge in [0.2, 0.25) is 0 Å². The zero-order valence-corrected chi connectivity index (χ0v) is 21.0. The molecule has 2 heterocycles. The molecule has 0 radical (unpaired) electrons. The summed E-state index contributed by atoms with van der Waals surface area (Å²) in [4.78, 5) is 32.5. The van der Waals surface area contributed by atoms with E-state index in [0.29, 0.717) is 35.6 Å². The molecule has 3 aromatic rings. The van der Waals surface area contributed by atoms with Crippen molar-refractivity contribution in [3.05, 3.63) is 69.0 Å². The van der Waals surface area contributed by atoms with Crippen LogP contribution in [0, 0.1) is 10.1 Å². The highest BCUT2D eigenvalue weighted by Crippen LogP contribution is 2.36. The van der Waals surface area contributed by atoms with Crippen LogP contribution in [0.15, 0.2) is 47.5 Å². The first-order chi connectivity index (χ1) is 15.4. The lowest BCUT2D eigenvalue weighted by molar-refractivity contribution is -0.384. The molecular weight excluding hydrogens is 438 g/mol. The summed E-state index contributed by atoms with van der Waals surface area (Å²) in [6.45, 7) is 13.4. The third kappa shape index (κ3) is 5.45. The Morgan fingerprint density at radius 3 is 2.48 bits per heavy atom. The van der Waals surface area contributed by atoms with Gasteiger partial charge < -0.3 is 14.3 Å². The number of anilines is 1. The highest BCUT2D eigenvalue weighted by Gasteiger charge is 2.36. The molecule has 9 nitrogen and oxygen atoms in total. The topological polar surface area (TPSA) is 112 Å². The second kappa shape index (κ2) is 9.40. The number of nitrogens with one attached hydrogen (secondary N) is 1. The number of nitro benzene ring substituents is 1. The molecule has 2 aromatic heterocycles. The van der Waals surface area contributed by atoms with E-state index >= 15 is 0 Å². The van der Waals surface area contributed by atoms with Gasteiger partial charge in [-0.3, -0.25) is 14.9 Å². The Labute approximate surface area is 194 Å². The smallest absolute Gasteiger partial charge is 0.270 e. The molecule has 1 aromatic carbocycles. The molecule has 0 bridgehead atoms. The average molecular weight is 470 g/mol. The summed E-state index contributed by atoms with van der Waals surface area (Å²) in [5.74, 6) is 0.558. The van der Waals surface area contributed by atoms with Crippen LogP contribution in [0.3, 0.4) is 0 Å². The molecule has 176 valence electrons. The molecule has 1 unspecified atom stereocenters. The summed E-state index contributed by atoms with van der Waals surface area (Å²) in [5, 5.41) is 15.3. The number of rotatable bonds is 8. The molecule has 0 spiro atoms. The molecule has 33 heavy (non-hydrogen) atoms. The Balaban J connectivity index is 1.99. The molecule has 1 atom stereocenters. The van der Waals surface area contributed by atoms with Crippen molar-refractivity contribution in [2.75, 3.05) is 11.9 Å². The van der Waals surface area contributed by atoms with Crippen LogP contribution in [0.5, 0.6) is 0 Å². The lowest BCUT2D eigenvalue weighted by atomic mass is 10.1. The Kier molecular flexibility index (Phi) is 6.99. The number of hydrogen-bond donors (Lipinski definition) is 1. The minimum Gasteiger partial charge on any atom is -0.415 e. The van der Waals surface area contributed by atoms with E-state index in [9.17, 15) is 14.9 Å². The third-order valence-electron chi connectivity index (χ3n) is 6.23. The van der Waals surface area contributed by atoms with Crippen molar-refractivity contribution in [3.8, 4) is 0 Å². The zero-order valence-electron chi connectivity index (χ0n) is 20.0. The summed E-state index contributed by atoms with van der Waals surface area (Å²) in [7, 11) is -1.97. The minimum absolute atomic E-state index is 0.0445. The van der Waals surface area contributed by atoms with Crippen molar-refractivity contribution in [1.29, 1.82) is 0 Å². The fraction of sp³-hybridized carbons (Fsp3) is 0.435. The van der Waals surface area contributed by atoms with Gasteiger partial charge in [-0.25, -0.2) is 9.97 Å². The molecule has 0 saturated heterocycles. The number of benzene rings is 1. The molecule has 3 rings (SSSR count).